The number of imidazole rings is 2. The molecule has 0 spiro atoms. The minimum Gasteiger partial charge on any atom is -0.342 e. The molecule has 44 heavy (non-hydrogen) atoms. The van der Waals surface area contributed by atoms with Gasteiger partial charge in [0.15, 0.2) is 0 Å². The average molecular weight is 579 g/mol. The molecule has 0 aliphatic carbocycles. The van der Waals surface area contributed by atoms with Crippen molar-refractivity contribution in [1.29, 1.82) is 0 Å². The normalized spacial score (nSPS) is 11.5. The first-order chi connectivity index (χ1) is 21.6. The molecule has 7 aromatic rings. The molecule has 8 nitrogen and oxygen atoms in total. The molecule has 0 aliphatic heterocycles. The lowest BCUT2D eigenvalue weighted by Crippen LogP contribution is -2.15. The molecule has 4 heterocycles. The standard InChI is InChI=1S/C36H34N8/c1-43(2)22-19-26-11-8-12-28(23-26)38-36-37-20-18-30(41-36)35-34(42-33-13-6-7-21-44(33)35)27-15-16-29-31(24-27)40-32(39-29)17-14-25-9-4-3-5-10-25/h3-13,15-16,18,20-21,23-24H,14,17,19,22H2,1-2H3,(H,39,40)(H,37,38,41). The number of fused-ring (bicyclic) bond motifs is 2. The maximum Gasteiger partial charge on any atom is 0.227 e. The van der Waals surface area contributed by atoms with E-state index < -0.39 is 0 Å². The third kappa shape index (κ3) is 5.93. The molecular weight excluding hydrogens is 544 g/mol. The van der Waals surface area contributed by atoms with E-state index >= 15 is 0 Å². The third-order valence-corrected chi connectivity index (χ3v) is 7.76. The van der Waals surface area contributed by atoms with Crippen LogP contribution >= 0.6 is 0 Å². The Balaban J connectivity index is 1.21. The smallest absolute Gasteiger partial charge is 0.227 e. The Labute approximate surface area is 256 Å². The molecule has 0 saturated carbocycles. The molecule has 2 N–H and O–H groups in total. The van der Waals surface area contributed by atoms with Crippen LogP contribution in [0, 0.1) is 0 Å². The van der Waals surface area contributed by atoms with Gasteiger partial charge in [-0.2, -0.15) is 0 Å². The zero-order chi connectivity index (χ0) is 29.9. The van der Waals surface area contributed by atoms with Crippen molar-refractivity contribution in [2.75, 3.05) is 26.0 Å². The summed E-state index contributed by atoms with van der Waals surface area (Å²) in [5, 5.41) is 3.41. The number of pyridine rings is 1. The van der Waals surface area contributed by atoms with Gasteiger partial charge in [0.2, 0.25) is 5.95 Å². The molecule has 218 valence electrons. The van der Waals surface area contributed by atoms with Crippen molar-refractivity contribution in [3.63, 3.8) is 0 Å². The van der Waals surface area contributed by atoms with Crippen molar-refractivity contribution >= 4 is 28.3 Å². The van der Waals surface area contributed by atoms with Gasteiger partial charge in [-0.15, -0.1) is 0 Å². The first kappa shape index (κ1) is 27.5. The summed E-state index contributed by atoms with van der Waals surface area (Å²) < 4.78 is 2.09. The van der Waals surface area contributed by atoms with E-state index in [-0.39, 0.29) is 0 Å². The first-order valence-corrected chi connectivity index (χ1v) is 14.9. The van der Waals surface area contributed by atoms with Crippen molar-refractivity contribution in [3.05, 3.63) is 126 Å². The maximum absolute atomic E-state index is 5.05. The summed E-state index contributed by atoms with van der Waals surface area (Å²) in [4.78, 5) is 25.1. The second-order valence-corrected chi connectivity index (χ2v) is 11.3. The van der Waals surface area contributed by atoms with E-state index in [4.69, 9.17) is 15.0 Å². The van der Waals surface area contributed by atoms with Gasteiger partial charge in [0, 0.05) is 36.6 Å². The average Bonchev–Trinajstić information content (AvgIpc) is 3.65. The van der Waals surface area contributed by atoms with Crippen LogP contribution < -0.4 is 5.32 Å². The van der Waals surface area contributed by atoms with Gasteiger partial charge in [-0.1, -0.05) is 54.6 Å². The van der Waals surface area contributed by atoms with Crippen molar-refractivity contribution in [2.45, 2.75) is 19.3 Å². The second-order valence-electron chi connectivity index (χ2n) is 11.3. The summed E-state index contributed by atoms with van der Waals surface area (Å²) in [7, 11) is 4.18. The van der Waals surface area contributed by atoms with Gasteiger partial charge in [-0.3, -0.25) is 4.40 Å². The zero-order valence-electron chi connectivity index (χ0n) is 24.9. The van der Waals surface area contributed by atoms with Crippen LogP contribution in [0.25, 0.3) is 39.3 Å². The highest BCUT2D eigenvalue weighted by Crippen LogP contribution is 2.33. The molecule has 8 heteroatoms. The van der Waals surface area contributed by atoms with Crippen LogP contribution in [-0.4, -0.2) is 54.9 Å². The van der Waals surface area contributed by atoms with E-state index in [1.54, 1.807) is 6.20 Å². The summed E-state index contributed by atoms with van der Waals surface area (Å²) in [5.74, 6) is 1.52. The zero-order valence-corrected chi connectivity index (χ0v) is 24.9. The SMILES string of the molecule is CN(C)CCc1cccc(Nc2nccc(-c3c(-c4ccc5nc(CCc6ccccc6)[nH]c5c4)nc4ccccn34)n2)c1. The fraction of sp³-hybridized carbons (Fsp3) is 0.167. The summed E-state index contributed by atoms with van der Waals surface area (Å²) in [6.45, 7) is 0.992. The Morgan fingerprint density at radius 1 is 0.773 bits per heavy atom. The monoisotopic (exact) mass is 578 g/mol. The van der Waals surface area contributed by atoms with Crippen LogP contribution in [-0.2, 0) is 19.3 Å². The van der Waals surface area contributed by atoms with E-state index in [1.807, 2.05) is 42.6 Å². The topological polar surface area (TPSA) is 87.0 Å². The predicted molar refractivity (Wildman–Crippen MR) is 177 cm³/mol. The number of aryl methyl sites for hydroxylation is 2. The van der Waals surface area contributed by atoms with Gasteiger partial charge < -0.3 is 15.2 Å². The predicted octanol–water partition coefficient (Wildman–Crippen LogP) is 6.97. The molecule has 0 saturated heterocycles. The molecule has 0 atom stereocenters. The summed E-state index contributed by atoms with van der Waals surface area (Å²) in [5.41, 5.74) is 9.88. The molecule has 0 bridgehead atoms. The van der Waals surface area contributed by atoms with Crippen molar-refractivity contribution < 1.29 is 0 Å². The Hall–Kier alpha value is -5.34. The molecule has 0 radical (unpaired) electrons. The van der Waals surface area contributed by atoms with Gasteiger partial charge in [-0.05, 0) is 80.5 Å². The van der Waals surface area contributed by atoms with Crippen molar-refractivity contribution in [1.82, 2.24) is 34.2 Å². The quantitative estimate of drug-likeness (QED) is 0.182. The number of hydrogen-bond donors (Lipinski definition) is 2. The number of H-pyrrole nitrogens is 1. The van der Waals surface area contributed by atoms with Crippen LogP contribution in [0.15, 0.2) is 109 Å². The molecule has 4 aromatic heterocycles. The summed E-state index contributed by atoms with van der Waals surface area (Å²) >= 11 is 0. The molecule has 0 fully saturated rings. The fourth-order valence-corrected chi connectivity index (χ4v) is 5.51. The largest absolute Gasteiger partial charge is 0.342 e. The number of benzene rings is 3. The minimum atomic E-state index is 0.538. The van der Waals surface area contributed by atoms with Crippen molar-refractivity contribution in [3.8, 4) is 22.6 Å². The van der Waals surface area contributed by atoms with Gasteiger partial charge in [0.1, 0.15) is 11.5 Å². The molecule has 0 aliphatic rings. The van der Waals surface area contributed by atoms with E-state index in [1.165, 1.54) is 11.1 Å². The highest BCUT2D eigenvalue weighted by atomic mass is 15.1. The number of aromatic nitrogens is 6. The van der Waals surface area contributed by atoms with Gasteiger partial charge in [-0.25, -0.2) is 19.9 Å². The van der Waals surface area contributed by atoms with Crippen LogP contribution in [0.4, 0.5) is 11.6 Å². The molecule has 3 aromatic carbocycles. The first-order valence-electron chi connectivity index (χ1n) is 14.9. The highest BCUT2D eigenvalue weighted by Gasteiger charge is 2.19. The Morgan fingerprint density at radius 3 is 2.52 bits per heavy atom. The number of rotatable bonds is 10. The van der Waals surface area contributed by atoms with Crippen molar-refractivity contribution in [2.24, 2.45) is 0 Å². The third-order valence-electron chi connectivity index (χ3n) is 7.76. The lowest BCUT2D eigenvalue weighted by molar-refractivity contribution is 0.413. The fourth-order valence-electron chi connectivity index (χ4n) is 5.51. The lowest BCUT2D eigenvalue weighted by Gasteiger charge is -2.11. The Bertz CT molecular complexity index is 2040. The highest BCUT2D eigenvalue weighted by molar-refractivity contribution is 5.87. The van der Waals surface area contributed by atoms with Crippen LogP contribution in [0.5, 0.6) is 0 Å². The van der Waals surface area contributed by atoms with E-state index in [0.29, 0.717) is 5.95 Å². The minimum absolute atomic E-state index is 0.538. The number of anilines is 2. The van der Waals surface area contributed by atoms with Crippen LogP contribution in [0.1, 0.15) is 17.0 Å². The molecule has 0 unspecified atom stereocenters. The molecular formula is C36H34N8. The lowest BCUT2D eigenvalue weighted by atomic mass is 10.1. The number of likely N-dealkylation sites (N-methyl/N-ethyl adjacent to an activating group) is 1. The van der Waals surface area contributed by atoms with Gasteiger partial charge >= 0.3 is 0 Å². The van der Waals surface area contributed by atoms with E-state index in [2.05, 4.69) is 99.3 Å². The van der Waals surface area contributed by atoms with Gasteiger partial charge in [0.25, 0.3) is 0 Å². The van der Waals surface area contributed by atoms with Crippen LogP contribution in [0.3, 0.4) is 0 Å². The summed E-state index contributed by atoms with van der Waals surface area (Å²) in [6, 6.07) is 33.2. The van der Waals surface area contributed by atoms with E-state index in [0.717, 1.165) is 76.6 Å². The van der Waals surface area contributed by atoms with Gasteiger partial charge in [0.05, 0.1) is 28.1 Å². The van der Waals surface area contributed by atoms with E-state index in [9.17, 15) is 0 Å². The Kier molecular flexibility index (Phi) is 7.56. The Morgan fingerprint density at radius 2 is 1.64 bits per heavy atom. The summed E-state index contributed by atoms with van der Waals surface area (Å²) in [6.07, 6.45) is 6.59. The second kappa shape index (κ2) is 12.1. The number of hydrogen-bond acceptors (Lipinski definition) is 6. The maximum atomic E-state index is 5.05. The number of aromatic amines is 1. The number of nitrogens with one attached hydrogen (secondary N) is 2. The molecule has 7 rings (SSSR count). The van der Waals surface area contributed by atoms with Crippen LogP contribution in [0.2, 0.25) is 0 Å². The molecule has 0 amide bonds. The number of nitrogens with zero attached hydrogens (tertiary/aromatic N) is 6.